The molecule has 3 N–H and O–H groups in total. The molecule has 0 aromatic heterocycles. The minimum absolute atomic E-state index is 0.123. The van der Waals surface area contributed by atoms with Crippen LogP contribution in [0.25, 0.3) is 0 Å². The normalized spacial score (nSPS) is 12.6. The molecule has 1 aromatic carbocycles. The maximum absolute atomic E-state index is 12.2. The number of methoxy groups -OCH3 is 1. The van der Waals surface area contributed by atoms with Crippen molar-refractivity contribution in [2.45, 2.75) is 46.6 Å². The molecule has 0 spiro atoms. The van der Waals surface area contributed by atoms with E-state index in [1.807, 2.05) is 13.0 Å². The fourth-order valence-corrected chi connectivity index (χ4v) is 2.99. The molecule has 0 heterocycles. The van der Waals surface area contributed by atoms with E-state index in [2.05, 4.69) is 46.6 Å². The molecule has 0 saturated heterocycles. The lowest BCUT2D eigenvalue weighted by molar-refractivity contribution is 0.0954. The third-order valence-electron chi connectivity index (χ3n) is 4.73. The van der Waals surface area contributed by atoms with Gasteiger partial charge in [-0.05, 0) is 64.5 Å². The lowest BCUT2D eigenvalue weighted by Crippen LogP contribution is -2.43. The first kappa shape index (κ1) is 24.8. The topological polar surface area (TPSA) is 78.0 Å². The lowest BCUT2D eigenvalue weighted by Gasteiger charge is -2.21. The molecule has 164 valence electrons. The smallest absolute Gasteiger partial charge is 0.251 e. The monoisotopic (exact) mass is 405 g/mol. The van der Waals surface area contributed by atoms with Crippen LogP contribution in [-0.4, -0.2) is 69.2 Å². The van der Waals surface area contributed by atoms with Gasteiger partial charge in [0.2, 0.25) is 0 Å². The van der Waals surface area contributed by atoms with Crippen molar-refractivity contribution in [1.82, 2.24) is 20.9 Å². The van der Waals surface area contributed by atoms with Gasteiger partial charge in [0.15, 0.2) is 5.96 Å². The van der Waals surface area contributed by atoms with Gasteiger partial charge in [-0.1, -0.05) is 19.9 Å². The van der Waals surface area contributed by atoms with Crippen molar-refractivity contribution in [3.8, 4) is 5.75 Å². The molecule has 1 atom stereocenters. The summed E-state index contributed by atoms with van der Waals surface area (Å²) in [5, 5.41) is 9.62. The number of guanidine groups is 1. The van der Waals surface area contributed by atoms with E-state index in [4.69, 9.17) is 4.74 Å². The number of carbonyl (C=O) groups excluding carboxylic acids is 1. The maximum atomic E-state index is 12.2. The summed E-state index contributed by atoms with van der Waals surface area (Å²) in [7, 11) is 1.59. The van der Waals surface area contributed by atoms with Crippen molar-refractivity contribution in [3.63, 3.8) is 0 Å². The Balaban J connectivity index is 2.41. The van der Waals surface area contributed by atoms with Crippen LogP contribution in [0.4, 0.5) is 0 Å². The fraction of sp³-hybridized carbons (Fsp3) is 0.636. The van der Waals surface area contributed by atoms with E-state index in [0.717, 1.165) is 45.0 Å². The summed E-state index contributed by atoms with van der Waals surface area (Å²) in [6.07, 6.45) is 2.25. The lowest BCUT2D eigenvalue weighted by atomic mass is 10.2. The first-order chi connectivity index (χ1) is 14.0. The molecule has 0 bridgehead atoms. The van der Waals surface area contributed by atoms with Gasteiger partial charge in [0.25, 0.3) is 5.91 Å². The number of ether oxygens (including phenoxy) is 1. The Kier molecular flexibility index (Phi) is 12.5. The number of nitrogens with one attached hydrogen (secondary N) is 3. The number of aliphatic imine (C=N–C) groups is 1. The number of rotatable bonds is 13. The molecule has 0 radical (unpaired) electrons. The standard InChI is InChI=1S/C22H39N5O2/c1-6-23-22(26-18(4)11-10-16-27(7-2)8-3)25-15-14-24-21(28)19-12-9-13-20(17-19)29-5/h9,12-13,17-18H,6-8,10-11,14-16H2,1-5H3,(H,24,28)(H2,23,25,26). The second kappa shape index (κ2) is 14.7. The predicted octanol–water partition coefficient (Wildman–Crippen LogP) is 2.49. The zero-order valence-corrected chi connectivity index (χ0v) is 18.8. The van der Waals surface area contributed by atoms with Gasteiger partial charge >= 0.3 is 0 Å². The molecule has 1 rings (SSSR count). The van der Waals surface area contributed by atoms with Crippen LogP contribution in [0.1, 0.15) is 50.9 Å². The fourth-order valence-electron chi connectivity index (χ4n) is 2.99. The van der Waals surface area contributed by atoms with Crippen LogP contribution in [0.5, 0.6) is 5.75 Å². The van der Waals surface area contributed by atoms with Crippen molar-refractivity contribution in [3.05, 3.63) is 29.8 Å². The highest BCUT2D eigenvalue weighted by molar-refractivity contribution is 5.94. The van der Waals surface area contributed by atoms with E-state index in [1.54, 1.807) is 25.3 Å². The van der Waals surface area contributed by atoms with Gasteiger partial charge in [-0.25, -0.2) is 0 Å². The molecule has 1 aromatic rings. The van der Waals surface area contributed by atoms with Crippen LogP contribution in [0.15, 0.2) is 29.3 Å². The van der Waals surface area contributed by atoms with E-state index in [-0.39, 0.29) is 5.91 Å². The Morgan fingerprint density at radius 1 is 1.21 bits per heavy atom. The van der Waals surface area contributed by atoms with Crippen LogP contribution in [-0.2, 0) is 0 Å². The number of amides is 1. The molecule has 0 aliphatic carbocycles. The molecule has 29 heavy (non-hydrogen) atoms. The molecular formula is C22H39N5O2. The highest BCUT2D eigenvalue weighted by Crippen LogP contribution is 2.12. The highest BCUT2D eigenvalue weighted by Gasteiger charge is 2.08. The van der Waals surface area contributed by atoms with E-state index in [0.29, 0.717) is 30.4 Å². The molecule has 0 saturated carbocycles. The summed E-state index contributed by atoms with van der Waals surface area (Å²) in [6, 6.07) is 7.46. The predicted molar refractivity (Wildman–Crippen MR) is 121 cm³/mol. The van der Waals surface area contributed by atoms with Crippen LogP contribution in [0.2, 0.25) is 0 Å². The van der Waals surface area contributed by atoms with Crippen molar-refractivity contribution >= 4 is 11.9 Å². The van der Waals surface area contributed by atoms with E-state index in [1.165, 1.54) is 0 Å². The molecule has 0 aliphatic heterocycles. The maximum Gasteiger partial charge on any atom is 0.251 e. The van der Waals surface area contributed by atoms with Gasteiger partial charge in [0, 0.05) is 24.7 Å². The molecule has 0 fully saturated rings. The van der Waals surface area contributed by atoms with E-state index < -0.39 is 0 Å². The molecule has 1 amide bonds. The average molecular weight is 406 g/mol. The Morgan fingerprint density at radius 2 is 1.97 bits per heavy atom. The number of benzene rings is 1. The first-order valence-electron chi connectivity index (χ1n) is 10.7. The van der Waals surface area contributed by atoms with Crippen molar-refractivity contribution in [2.75, 3.05) is 46.4 Å². The van der Waals surface area contributed by atoms with Crippen molar-refractivity contribution in [2.24, 2.45) is 4.99 Å². The zero-order chi connectivity index (χ0) is 21.5. The van der Waals surface area contributed by atoms with Crippen LogP contribution < -0.4 is 20.7 Å². The largest absolute Gasteiger partial charge is 0.497 e. The summed E-state index contributed by atoms with van der Waals surface area (Å²) >= 11 is 0. The average Bonchev–Trinajstić information content (AvgIpc) is 2.74. The van der Waals surface area contributed by atoms with Gasteiger partial charge in [-0.3, -0.25) is 9.79 Å². The third-order valence-corrected chi connectivity index (χ3v) is 4.73. The summed E-state index contributed by atoms with van der Waals surface area (Å²) in [5.41, 5.74) is 0.584. The van der Waals surface area contributed by atoms with Gasteiger partial charge < -0.3 is 25.6 Å². The number of nitrogens with zero attached hydrogens (tertiary/aromatic N) is 2. The molecule has 7 nitrogen and oxygen atoms in total. The molecule has 0 aliphatic rings. The number of hydrogen-bond acceptors (Lipinski definition) is 4. The molecular weight excluding hydrogens is 366 g/mol. The van der Waals surface area contributed by atoms with Crippen LogP contribution >= 0.6 is 0 Å². The zero-order valence-electron chi connectivity index (χ0n) is 18.8. The summed E-state index contributed by atoms with van der Waals surface area (Å²) in [6.45, 7) is 13.7. The van der Waals surface area contributed by atoms with E-state index in [9.17, 15) is 4.79 Å². The summed E-state index contributed by atoms with van der Waals surface area (Å²) < 4.78 is 5.16. The van der Waals surface area contributed by atoms with Gasteiger partial charge in [-0.15, -0.1) is 0 Å². The Morgan fingerprint density at radius 3 is 2.62 bits per heavy atom. The SMILES string of the molecule is CCNC(=NCCNC(=O)c1cccc(OC)c1)NC(C)CCCN(CC)CC. The minimum atomic E-state index is -0.123. The Hall–Kier alpha value is -2.28. The molecule has 7 heteroatoms. The Bertz CT molecular complexity index is 617. The van der Waals surface area contributed by atoms with Gasteiger partial charge in [0.05, 0.1) is 13.7 Å². The number of carbonyl (C=O) groups is 1. The highest BCUT2D eigenvalue weighted by atomic mass is 16.5. The summed E-state index contributed by atoms with van der Waals surface area (Å²) in [4.78, 5) is 19.2. The molecule has 1 unspecified atom stereocenters. The second-order valence-electron chi connectivity index (χ2n) is 6.96. The first-order valence-corrected chi connectivity index (χ1v) is 10.7. The van der Waals surface area contributed by atoms with Gasteiger partial charge in [0.1, 0.15) is 5.75 Å². The quantitative estimate of drug-likeness (QED) is 0.267. The van der Waals surface area contributed by atoms with Crippen molar-refractivity contribution in [1.29, 1.82) is 0 Å². The number of hydrogen-bond donors (Lipinski definition) is 3. The Labute approximate surface area is 176 Å². The van der Waals surface area contributed by atoms with Crippen molar-refractivity contribution < 1.29 is 9.53 Å². The second-order valence-corrected chi connectivity index (χ2v) is 6.96. The summed E-state index contributed by atoms with van der Waals surface area (Å²) in [5.74, 6) is 1.34. The minimum Gasteiger partial charge on any atom is -0.497 e. The van der Waals surface area contributed by atoms with Crippen LogP contribution in [0, 0.1) is 0 Å². The van der Waals surface area contributed by atoms with Crippen LogP contribution in [0.3, 0.4) is 0 Å². The third kappa shape index (κ3) is 10.2. The van der Waals surface area contributed by atoms with E-state index >= 15 is 0 Å². The van der Waals surface area contributed by atoms with Gasteiger partial charge in [-0.2, -0.15) is 0 Å².